The zero-order valence-corrected chi connectivity index (χ0v) is 13.2. The Balaban J connectivity index is 2.47. The maximum absolute atomic E-state index is 5.83. The molecule has 0 aromatic heterocycles. The van der Waals surface area contributed by atoms with E-state index < -0.39 is 0 Å². The second-order valence-electron chi connectivity index (χ2n) is 5.74. The summed E-state index contributed by atoms with van der Waals surface area (Å²) in [5.74, 6) is 2.48. The zero-order valence-electron chi connectivity index (χ0n) is 13.2. The van der Waals surface area contributed by atoms with Crippen molar-refractivity contribution in [2.75, 3.05) is 34.4 Å². The van der Waals surface area contributed by atoms with E-state index in [1.165, 1.54) is 5.56 Å². The fourth-order valence-electron chi connectivity index (χ4n) is 3.26. The van der Waals surface area contributed by atoms with Gasteiger partial charge in [0.25, 0.3) is 0 Å². The van der Waals surface area contributed by atoms with Gasteiger partial charge in [0.15, 0.2) is 0 Å². The van der Waals surface area contributed by atoms with Crippen molar-refractivity contribution in [3.63, 3.8) is 0 Å². The molecule has 1 aromatic carbocycles. The fourth-order valence-corrected chi connectivity index (χ4v) is 3.26. The number of hydrogen-bond acceptors (Lipinski definition) is 4. The summed E-state index contributed by atoms with van der Waals surface area (Å²) in [6, 6.07) is 2.48. The van der Waals surface area contributed by atoms with Crippen LogP contribution in [0.15, 0.2) is 6.07 Å². The Labute approximate surface area is 121 Å². The number of likely N-dealkylation sites (tertiary alicyclic amines) is 1. The van der Waals surface area contributed by atoms with Crippen LogP contribution in [-0.2, 0) is 0 Å². The quantitative estimate of drug-likeness (QED) is 0.918. The average Bonchev–Trinajstić information content (AvgIpc) is 2.82. The first-order valence-electron chi connectivity index (χ1n) is 7.15. The molecule has 0 amide bonds. The van der Waals surface area contributed by atoms with Crippen molar-refractivity contribution in [3.8, 4) is 11.5 Å². The molecule has 4 nitrogen and oxygen atoms in total. The molecule has 1 aliphatic heterocycles. The van der Waals surface area contributed by atoms with Gasteiger partial charge in [0.05, 0.1) is 14.2 Å². The van der Waals surface area contributed by atoms with Crippen molar-refractivity contribution < 1.29 is 9.47 Å². The third kappa shape index (κ3) is 2.50. The number of hydrogen-bond donors (Lipinski definition) is 1. The lowest BCUT2D eigenvalue weighted by Gasteiger charge is -2.25. The first-order valence-corrected chi connectivity index (χ1v) is 7.15. The average molecular weight is 278 g/mol. The lowest BCUT2D eigenvalue weighted by Crippen LogP contribution is -2.21. The van der Waals surface area contributed by atoms with Gasteiger partial charge in [-0.1, -0.05) is 0 Å². The molecule has 0 spiro atoms. The first kappa shape index (κ1) is 15.1. The summed E-state index contributed by atoms with van der Waals surface area (Å²) in [6.07, 6.45) is 1.08. The van der Waals surface area contributed by atoms with Gasteiger partial charge in [-0.15, -0.1) is 0 Å². The molecule has 2 atom stereocenters. The van der Waals surface area contributed by atoms with Crippen molar-refractivity contribution in [2.45, 2.75) is 26.3 Å². The van der Waals surface area contributed by atoms with E-state index in [4.69, 9.17) is 15.2 Å². The molecular formula is C16H26N2O2. The number of ether oxygens (including phenoxy) is 2. The van der Waals surface area contributed by atoms with E-state index in [9.17, 15) is 0 Å². The van der Waals surface area contributed by atoms with E-state index >= 15 is 0 Å². The highest BCUT2D eigenvalue weighted by Crippen LogP contribution is 2.43. The van der Waals surface area contributed by atoms with Crippen LogP contribution in [0.3, 0.4) is 0 Å². The summed E-state index contributed by atoms with van der Waals surface area (Å²) < 4.78 is 11.2. The molecule has 1 saturated heterocycles. The lowest BCUT2D eigenvalue weighted by molar-refractivity contribution is 0.300. The summed E-state index contributed by atoms with van der Waals surface area (Å²) in [5.41, 5.74) is 9.35. The van der Waals surface area contributed by atoms with Gasteiger partial charge in [0, 0.05) is 18.2 Å². The normalized spacial score (nSPS) is 23.1. The first-order chi connectivity index (χ1) is 9.53. The minimum atomic E-state index is 0.353. The minimum absolute atomic E-state index is 0.353. The smallest absolute Gasteiger partial charge is 0.127 e. The maximum Gasteiger partial charge on any atom is 0.127 e. The molecule has 2 rings (SSSR count). The summed E-state index contributed by atoms with van der Waals surface area (Å²) in [6.45, 7) is 5.95. The van der Waals surface area contributed by atoms with E-state index in [1.807, 2.05) is 0 Å². The van der Waals surface area contributed by atoms with E-state index in [-0.39, 0.29) is 0 Å². The number of methoxy groups -OCH3 is 2. The van der Waals surface area contributed by atoms with Crippen molar-refractivity contribution in [1.82, 2.24) is 4.90 Å². The van der Waals surface area contributed by atoms with Crippen LogP contribution in [0.25, 0.3) is 0 Å². The fraction of sp³-hybridized carbons (Fsp3) is 0.625. The highest BCUT2D eigenvalue weighted by molar-refractivity contribution is 5.54. The molecule has 20 heavy (non-hydrogen) atoms. The summed E-state index contributed by atoms with van der Waals surface area (Å²) in [4.78, 5) is 2.36. The Hall–Kier alpha value is -1.26. The van der Waals surface area contributed by atoms with E-state index in [0.29, 0.717) is 12.0 Å². The van der Waals surface area contributed by atoms with Crippen LogP contribution in [0, 0.1) is 19.8 Å². The summed E-state index contributed by atoms with van der Waals surface area (Å²) in [5, 5.41) is 0. The lowest BCUT2D eigenvalue weighted by atomic mass is 9.94. The molecule has 4 heteroatoms. The Morgan fingerprint density at radius 1 is 1.25 bits per heavy atom. The van der Waals surface area contributed by atoms with Crippen LogP contribution in [0.2, 0.25) is 0 Å². The maximum atomic E-state index is 5.83. The third-order valence-corrected chi connectivity index (χ3v) is 4.57. The predicted octanol–water partition coefficient (Wildman–Crippen LogP) is 2.27. The van der Waals surface area contributed by atoms with Crippen LogP contribution >= 0.6 is 0 Å². The second-order valence-corrected chi connectivity index (χ2v) is 5.74. The standard InChI is InChI=1S/C16H26N2O2/c1-10-11(2)16(20-5)13(7-15(10)19-4)14-6-12(8-17)9-18(14)3/h7,12,14H,6,8-9,17H2,1-5H3. The van der Waals surface area contributed by atoms with Crippen molar-refractivity contribution in [1.29, 1.82) is 0 Å². The molecule has 0 saturated carbocycles. The van der Waals surface area contributed by atoms with Gasteiger partial charge in [-0.3, -0.25) is 4.90 Å². The molecule has 2 N–H and O–H groups in total. The Morgan fingerprint density at radius 3 is 2.45 bits per heavy atom. The van der Waals surface area contributed by atoms with Crippen LogP contribution < -0.4 is 15.2 Å². The molecule has 1 heterocycles. The molecule has 1 aliphatic rings. The van der Waals surface area contributed by atoms with E-state index in [2.05, 4.69) is 31.9 Å². The highest BCUT2D eigenvalue weighted by Gasteiger charge is 2.32. The van der Waals surface area contributed by atoms with E-state index in [0.717, 1.165) is 42.1 Å². The van der Waals surface area contributed by atoms with E-state index in [1.54, 1.807) is 14.2 Å². The minimum Gasteiger partial charge on any atom is -0.496 e. The SMILES string of the molecule is COc1cc(C2CC(CN)CN2C)c(OC)c(C)c1C. The van der Waals surface area contributed by atoms with Crippen LogP contribution in [0.4, 0.5) is 0 Å². The summed E-state index contributed by atoms with van der Waals surface area (Å²) in [7, 11) is 5.62. The zero-order chi connectivity index (χ0) is 14.9. The van der Waals surface area contributed by atoms with Gasteiger partial charge in [0.1, 0.15) is 11.5 Å². The van der Waals surface area contributed by atoms with Gasteiger partial charge >= 0.3 is 0 Å². The van der Waals surface area contributed by atoms with Crippen LogP contribution in [0.1, 0.15) is 29.2 Å². The number of benzene rings is 1. The van der Waals surface area contributed by atoms with Crippen molar-refractivity contribution >= 4 is 0 Å². The molecule has 0 radical (unpaired) electrons. The molecule has 1 fully saturated rings. The van der Waals surface area contributed by atoms with Gasteiger partial charge in [0.2, 0.25) is 0 Å². The highest BCUT2D eigenvalue weighted by atomic mass is 16.5. The molecule has 2 unspecified atom stereocenters. The largest absolute Gasteiger partial charge is 0.496 e. The monoisotopic (exact) mass is 278 g/mol. The predicted molar refractivity (Wildman–Crippen MR) is 81.6 cm³/mol. The molecule has 0 aliphatic carbocycles. The number of rotatable bonds is 4. The van der Waals surface area contributed by atoms with Crippen molar-refractivity contribution in [2.24, 2.45) is 11.7 Å². The molecule has 1 aromatic rings. The van der Waals surface area contributed by atoms with Crippen molar-refractivity contribution in [3.05, 3.63) is 22.8 Å². The van der Waals surface area contributed by atoms with Crippen LogP contribution in [0.5, 0.6) is 11.5 Å². The van der Waals surface area contributed by atoms with Crippen LogP contribution in [-0.4, -0.2) is 39.3 Å². The molecular weight excluding hydrogens is 252 g/mol. The van der Waals surface area contributed by atoms with Gasteiger partial charge in [-0.2, -0.15) is 0 Å². The van der Waals surface area contributed by atoms with Gasteiger partial charge in [-0.25, -0.2) is 0 Å². The third-order valence-electron chi connectivity index (χ3n) is 4.57. The Kier molecular flexibility index (Phi) is 4.55. The molecule has 0 bridgehead atoms. The van der Waals surface area contributed by atoms with Gasteiger partial charge in [-0.05, 0) is 57.0 Å². The van der Waals surface area contributed by atoms with Gasteiger partial charge < -0.3 is 15.2 Å². The summed E-state index contributed by atoms with van der Waals surface area (Å²) >= 11 is 0. The molecule has 112 valence electrons. The number of nitrogens with two attached hydrogens (primary N) is 1. The second kappa shape index (κ2) is 6.02. The Bertz CT molecular complexity index is 488. The number of nitrogens with zero attached hydrogens (tertiary/aromatic N) is 1. The Morgan fingerprint density at radius 2 is 1.95 bits per heavy atom. The topological polar surface area (TPSA) is 47.7 Å².